The number of amides is 1. The number of nitrogens with zero attached hydrogens (tertiary/aromatic N) is 5. The first-order valence-electron chi connectivity index (χ1n) is 8.53. The molecule has 2 atom stereocenters. The lowest BCUT2D eigenvalue weighted by Crippen LogP contribution is -2.41. The Balaban J connectivity index is 1.51. The second kappa shape index (κ2) is 7.09. The molecule has 8 heteroatoms. The third-order valence-electron chi connectivity index (χ3n) is 4.69. The quantitative estimate of drug-likeness (QED) is 0.747. The first kappa shape index (κ1) is 16.5. The van der Waals surface area contributed by atoms with E-state index in [0.29, 0.717) is 11.3 Å². The van der Waals surface area contributed by atoms with Crippen LogP contribution in [-0.2, 0) is 6.54 Å². The van der Waals surface area contributed by atoms with Gasteiger partial charge in [0.2, 0.25) is 0 Å². The van der Waals surface area contributed by atoms with Crippen molar-refractivity contribution in [1.82, 2.24) is 30.2 Å². The minimum atomic E-state index is -0.130. The first-order valence-corrected chi connectivity index (χ1v) is 8.53. The van der Waals surface area contributed by atoms with E-state index in [4.69, 9.17) is 4.42 Å². The summed E-state index contributed by atoms with van der Waals surface area (Å²) in [5, 5.41) is 11.2. The number of aromatic nitrogens is 4. The minimum Gasteiger partial charge on any atom is -0.469 e. The van der Waals surface area contributed by atoms with Crippen LogP contribution in [-0.4, -0.2) is 49.9 Å². The van der Waals surface area contributed by atoms with Crippen LogP contribution in [0.25, 0.3) is 0 Å². The number of hydrogen-bond acceptors (Lipinski definition) is 6. The highest BCUT2D eigenvalue weighted by Crippen LogP contribution is 2.23. The van der Waals surface area contributed by atoms with Crippen molar-refractivity contribution in [2.24, 2.45) is 0 Å². The number of carbonyl (C=O) groups is 1. The van der Waals surface area contributed by atoms with Crippen LogP contribution in [0.3, 0.4) is 0 Å². The second-order valence-electron chi connectivity index (χ2n) is 6.48. The van der Waals surface area contributed by atoms with Gasteiger partial charge in [-0.25, -0.2) is 4.68 Å². The maximum atomic E-state index is 12.6. The number of likely N-dealkylation sites (tertiary alicyclic amines) is 1. The molecule has 8 nitrogen and oxygen atoms in total. The average Bonchev–Trinajstić information content (AvgIpc) is 3.37. The van der Waals surface area contributed by atoms with Crippen molar-refractivity contribution < 1.29 is 9.21 Å². The average molecular weight is 352 g/mol. The van der Waals surface area contributed by atoms with Gasteiger partial charge < -0.3 is 9.73 Å². The van der Waals surface area contributed by atoms with E-state index in [1.807, 2.05) is 23.1 Å². The Hall–Kier alpha value is -3.00. The number of nitrogens with one attached hydrogen (secondary N) is 1. The molecule has 26 heavy (non-hydrogen) atoms. The zero-order chi connectivity index (χ0) is 17.9. The molecule has 0 aromatic carbocycles. The highest BCUT2D eigenvalue weighted by molar-refractivity contribution is 5.95. The standard InChI is InChI=1S/C18H20N6O2/c1-13-15(4-8-26-13)18(25)21-16-11-23(10-14-3-2-5-19-9-14)12-17(16)24-7-6-20-22-24/h2-9,16-17H,10-12H2,1H3,(H,21,25)/t16-,17+/m1/s1. The summed E-state index contributed by atoms with van der Waals surface area (Å²) in [5.74, 6) is 0.486. The van der Waals surface area contributed by atoms with Gasteiger partial charge in [0.15, 0.2) is 0 Å². The van der Waals surface area contributed by atoms with Gasteiger partial charge in [-0.15, -0.1) is 5.10 Å². The monoisotopic (exact) mass is 352 g/mol. The lowest BCUT2D eigenvalue weighted by molar-refractivity contribution is 0.0928. The Morgan fingerprint density at radius 2 is 2.27 bits per heavy atom. The van der Waals surface area contributed by atoms with E-state index in [9.17, 15) is 4.79 Å². The summed E-state index contributed by atoms with van der Waals surface area (Å²) in [6.45, 7) is 4.05. The van der Waals surface area contributed by atoms with Gasteiger partial charge in [0.05, 0.1) is 30.1 Å². The van der Waals surface area contributed by atoms with Gasteiger partial charge >= 0.3 is 0 Å². The summed E-state index contributed by atoms with van der Waals surface area (Å²) in [6, 6.07) is 5.62. The fraction of sp³-hybridized carbons (Fsp3) is 0.333. The van der Waals surface area contributed by atoms with Crippen molar-refractivity contribution in [2.45, 2.75) is 25.6 Å². The lowest BCUT2D eigenvalue weighted by Gasteiger charge is -2.19. The van der Waals surface area contributed by atoms with Gasteiger partial charge in [-0.1, -0.05) is 11.3 Å². The van der Waals surface area contributed by atoms with Crippen molar-refractivity contribution in [3.05, 3.63) is 66.1 Å². The van der Waals surface area contributed by atoms with E-state index in [1.165, 1.54) is 6.26 Å². The van der Waals surface area contributed by atoms with Crippen LogP contribution < -0.4 is 5.32 Å². The smallest absolute Gasteiger partial charge is 0.255 e. The van der Waals surface area contributed by atoms with Crippen LogP contribution >= 0.6 is 0 Å². The maximum absolute atomic E-state index is 12.6. The van der Waals surface area contributed by atoms with Gasteiger partial charge in [-0.2, -0.15) is 0 Å². The van der Waals surface area contributed by atoms with Crippen molar-refractivity contribution >= 4 is 5.91 Å². The molecule has 1 N–H and O–H groups in total. The maximum Gasteiger partial charge on any atom is 0.255 e. The van der Waals surface area contributed by atoms with E-state index < -0.39 is 0 Å². The van der Waals surface area contributed by atoms with Gasteiger partial charge in [-0.3, -0.25) is 14.7 Å². The van der Waals surface area contributed by atoms with E-state index in [1.54, 1.807) is 25.4 Å². The van der Waals surface area contributed by atoms with Crippen molar-refractivity contribution in [1.29, 1.82) is 0 Å². The zero-order valence-corrected chi connectivity index (χ0v) is 14.4. The van der Waals surface area contributed by atoms with Crippen LogP contribution in [0, 0.1) is 6.92 Å². The predicted molar refractivity (Wildman–Crippen MR) is 93.3 cm³/mol. The molecule has 3 aromatic rings. The van der Waals surface area contributed by atoms with Gasteiger partial charge in [0, 0.05) is 38.2 Å². The molecule has 1 aliphatic rings. The highest BCUT2D eigenvalue weighted by Gasteiger charge is 2.36. The predicted octanol–water partition coefficient (Wildman–Crippen LogP) is 1.43. The Bertz CT molecular complexity index is 861. The summed E-state index contributed by atoms with van der Waals surface area (Å²) < 4.78 is 7.06. The molecule has 4 rings (SSSR count). The molecule has 1 aliphatic heterocycles. The molecule has 0 aliphatic carbocycles. The number of aryl methyl sites for hydroxylation is 1. The number of hydrogen-bond donors (Lipinski definition) is 1. The fourth-order valence-electron chi connectivity index (χ4n) is 3.42. The van der Waals surface area contributed by atoms with E-state index in [-0.39, 0.29) is 18.0 Å². The number of furan rings is 1. The van der Waals surface area contributed by atoms with Crippen LogP contribution in [0.5, 0.6) is 0 Å². The third kappa shape index (κ3) is 3.36. The van der Waals surface area contributed by atoms with Crippen LogP contribution in [0.2, 0.25) is 0 Å². The van der Waals surface area contributed by atoms with Crippen molar-refractivity contribution in [3.63, 3.8) is 0 Å². The SMILES string of the molecule is Cc1occc1C(=O)N[C@@H]1CN(Cc2cccnc2)C[C@@H]1n1ccnn1. The molecule has 0 spiro atoms. The van der Waals surface area contributed by atoms with Crippen molar-refractivity contribution in [2.75, 3.05) is 13.1 Å². The molecule has 0 saturated carbocycles. The van der Waals surface area contributed by atoms with Gasteiger partial charge in [-0.05, 0) is 24.6 Å². The molecule has 134 valence electrons. The summed E-state index contributed by atoms with van der Waals surface area (Å²) >= 11 is 0. The van der Waals surface area contributed by atoms with Crippen LogP contribution in [0.1, 0.15) is 27.7 Å². The fourth-order valence-corrected chi connectivity index (χ4v) is 3.42. The highest BCUT2D eigenvalue weighted by atomic mass is 16.3. The molecular weight excluding hydrogens is 332 g/mol. The van der Waals surface area contributed by atoms with E-state index in [2.05, 4.69) is 31.6 Å². The van der Waals surface area contributed by atoms with Crippen LogP contribution in [0.15, 0.2) is 53.7 Å². The molecule has 1 fully saturated rings. The van der Waals surface area contributed by atoms with Crippen molar-refractivity contribution in [3.8, 4) is 0 Å². The van der Waals surface area contributed by atoms with Crippen LogP contribution in [0.4, 0.5) is 0 Å². The first-order chi connectivity index (χ1) is 12.7. The zero-order valence-electron chi connectivity index (χ0n) is 14.4. The largest absolute Gasteiger partial charge is 0.469 e. The summed E-state index contributed by atoms with van der Waals surface area (Å²) in [4.78, 5) is 19.1. The number of pyridine rings is 1. The normalized spacial score (nSPS) is 20.3. The Morgan fingerprint density at radius 3 is 2.96 bits per heavy atom. The van der Waals surface area contributed by atoms with E-state index in [0.717, 1.165) is 25.2 Å². The van der Waals surface area contributed by atoms with Gasteiger partial charge in [0.1, 0.15) is 5.76 Å². The Kier molecular flexibility index (Phi) is 4.49. The molecule has 3 aromatic heterocycles. The molecule has 1 saturated heterocycles. The number of rotatable bonds is 5. The summed E-state index contributed by atoms with van der Waals surface area (Å²) in [5.41, 5.74) is 1.70. The number of carbonyl (C=O) groups excluding carboxylic acids is 1. The Labute approximate surface area is 150 Å². The second-order valence-corrected chi connectivity index (χ2v) is 6.48. The molecule has 4 heterocycles. The molecule has 0 radical (unpaired) electrons. The lowest BCUT2D eigenvalue weighted by atomic mass is 10.1. The molecular formula is C18H20N6O2. The minimum absolute atomic E-state index is 0.0188. The molecule has 1 amide bonds. The van der Waals surface area contributed by atoms with Gasteiger partial charge in [0.25, 0.3) is 5.91 Å². The summed E-state index contributed by atoms with van der Waals surface area (Å²) in [6.07, 6.45) is 8.65. The molecule has 0 bridgehead atoms. The Morgan fingerprint density at radius 1 is 1.35 bits per heavy atom. The molecule has 0 unspecified atom stereocenters. The third-order valence-corrected chi connectivity index (χ3v) is 4.69. The van der Waals surface area contributed by atoms with E-state index >= 15 is 0 Å². The summed E-state index contributed by atoms with van der Waals surface area (Å²) in [7, 11) is 0. The topological polar surface area (TPSA) is 89.1 Å².